The Bertz CT molecular complexity index is 1030. The maximum Gasteiger partial charge on any atom is 0.276 e. The fourth-order valence-electron chi connectivity index (χ4n) is 2.80. The van der Waals surface area contributed by atoms with Crippen LogP contribution in [0.2, 0.25) is 0 Å². The summed E-state index contributed by atoms with van der Waals surface area (Å²) >= 11 is 7.56. The van der Waals surface area contributed by atoms with Gasteiger partial charge >= 0.3 is 0 Å². The molecule has 1 fully saturated rings. The smallest absolute Gasteiger partial charge is 0.276 e. The molecule has 1 amide bonds. The van der Waals surface area contributed by atoms with Crippen LogP contribution in [0.25, 0.3) is 17.4 Å². The van der Waals surface area contributed by atoms with E-state index in [0.717, 1.165) is 20.6 Å². The highest BCUT2D eigenvalue weighted by Crippen LogP contribution is 2.25. The number of aromatic nitrogens is 2. The Morgan fingerprint density at radius 2 is 2.19 bits per heavy atom. The van der Waals surface area contributed by atoms with E-state index in [9.17, 15) is 4.79 Å². The van der Waals surface area contributed by atoms with E-state index in [2.05, 4.69) is 37.9 Å². The van der Waals surface area contributed by atoms with Crippen LogP contribution in [0, 0.1) is 3.57 Å². The number of carbonyl (C=O) groups is 1. The van der Waals surface area contributed by atoms with Crippen molar-refractivity contribution in [2.24, 2.45) is 0 Å². The number of furan rings is 1. The van der Waals surface area contributed by atoms with Crippen molar-refractivity contribution in [1.82, 2.24) is 20.2 Å². The topological polar surface area (TPSA) is 74.2 Å². The highest BCUT2D eigenvalue weighted by Gasteiger charge is 2.30. The van der Waals surface area contributed by atoms with Crippen LogP contribution in [0.1, 0.15) is 11.5 Å². The molecule has 1 saturated heterocycles. The summed E-state index contributed by atoms with van der Waals surface area (Å²) < 4.78 is 7.01. The fraction of sp³-hybridized carbons (Fsp3) is 0.105. The second-order valence-electron chi connectivity index (χ2n) is 5.98. The molecule has 0 spiro atoms. The van der Waals surface area contributed by atoms with Crippen molar-refractivity contribution >= 4 is 51.9 Å². The number of imidazole rings is 1. The van der Waals surface area contributed by atoms with Crippen LogP contribution in [0.5, 0.6) is 0 Å². The number of nitrogens with zero attached hydrogens (tertiary/aromatic N) is 2. The van der Waals surface area contributed by atoms with Gasteiger partial charge in [-0.05, 0) is 59.1 Å². The molecule has 3 aromatic rings. The molecule has 27 heavy (non-hydrogen) atoms. The average Bonchev–Trinajstić information content (AvgIpc) is 3.37. The van der Waals surface area contributed by atoms with Gasteiger partial charge in [-0.25, -0.2) is 4.98 Å². The molecule has 8 heteroatoms. The lowest BCUT2D eigenvalue weighted by Crippen LogP contribution is -2.32. The molecule has 1 aliphatic rings. The molecule has 0 aliphatic carbocycles. The molecule has 0 saturated carbocycles. The third-order valence-electron chi connectivity index (χ3n) is 4.14. The molecule has 0 atom stereocenters. The Hall–Kier alpha value is -2.46. The number of hydrogen-bond donors (Lipinski definition) is 2. The zero-order valence-corrected chi connectivity index (χ0v) is 17.1. The fourth-order valence-corrected chi connectivity index (χ4v) is 3.63. The van der Waals surface area contributed by atoms with Gasteiger partial charge in [0.15, 0.2) is 5.11 Å². The second kappa shape index (κ2) is 7.65. The number of thiocarbonyl (C=S) groups is 1. The molecule has 6 nitrogen and oxygen atoms in total. The number of benzene rings is 1. The van der Waals surface area contributed by atoms with Gasteiger partial charge in [-0.1, -0.05) is 12.1 Å². The largest absolute Gasteiger partial charge is 0.457 e. The van der Waals surface area contributed by atoms with E-state index in [0.29, 0.717) is 29.5 Å². The number of carbonyl (C=O) groups excluding carboxylic acids is 1. The third kappa shape index (κ3) is 3.96. The Morgan fingerprint density at radius 1 is 1.30 bits per heavy atom. The van der Waals surface area contributed by atoms with Gasteiger partial charge in [-0.15, -0.1) is 0 Å². The summed E-state index contributed by atoms with van der Waals surface area (Å²) in [7, 11) is 0. The zero-order chi connectivity index (χ0) is 18.8. The summed E-state index contributed by atoms with van der Waals surface area (Å²) in [4.78, 5) is 21.2. The number of amides is 1. The lowest BCUT2D eigenvalue weighted by atomic mass is 10.2. The Labute approximate surface area is 174 Å². The maximum atomic E-state index is 12.6. The van der Waals surface area contributed by atoms with Crippen molar-refractivity contribution in [2.75, 3.05) is 6.54 Å². The number of hydrogen-bond acceptors (Lipinski definition) is 4. The predicted octanol–water partition coefficient (Wildman–Crippen LogP) is 3.57. The van der Waals surface area contributed by atoms with Crippen LogP contribution in [0.3, 0.4) is 0 Å². The van der Waals surface area contributed by atoms with Crippen LogP contribution in [0.4, 0.5) is 0 Å². The van der Waals surface area contributed by atoms with Crippen molar-refractivity contribution in [1.29, 1.82) is 0 Å². The molecule has 0 unspecified atom stereocenters. The molecular formula is C19H15IN4O2S. The van der Waals surface area contributed by atoms with Gasteiger partial charge in [0.2, 0.25) is 0 Å². The van der Waals surface area contributed by atoms with Gasteiger partial charge in [0.05, 0.1) is 6.33 Å². The average molecular weight is 490 g/mol. The van der Waals surface area contributed by atoms with Gasteiger partial charge in [0, 0.05) is 40.1 Å². The van der Waals surface area contributed by atoms with Crippen molar-refractivity contribution in [3.8, 4) is 11.3 Å². The van der Waals surface area contributed by atoms with E-state index in [4.69, 9.17) is 16.6 Å². The van der Waals surface area contributed by atoms with E-state index < -0.39 is 0 Å². The summed E-state index contributed by atoms with van der Waals surface area (Å²) in [5, 5.41) is 3.37. The minimum Gasteiger partial charge on any atom is -0.457 e. The lowest BCUT2D eigenvalue weighted by Gasteiger charge is -2.12. The van der Waals surface area contributed by atoms with Gasteiger partial charge < -0.3 is 14.7 Å². The van der Waals surface area contributed by atoms with Gasteiger partial charge in [0.25, 0.3) is 5.91 Å². The molecule has 3 heterocycles. The first-order valence-electron chi connectivity index (χ1n) is 8.28. The van der Waals surface area contributed by atoms with Crippen molar-refractivity contribution in [3.63, 3.8) is 0 Å². The molecule has 0 bridgehead atoms. The maximum absolute atomic E-state index is 12.6. The highest BCUT2D eigenvalue weighted by atomic mass is 127. The Kier molecular flexibility index (Phi) is 5.08. The van der Waals surface area contributed by atoms with E-state index in [1.165, 1.54) is 0 Å². The molecule has 2 N–H and O–H groups in total. The number of nitrogens with one attached hydrogen (secondary N) is 2. The summed E-state index contributed by atoms with van der Waals surface area (Å²) in [6.45, 7) is 0.482. The quantitative estimate of drug-likeness (QED) is 0.325. The van der Waals surface area contributed by atoms with Crippen molar-refractivity contribution in [3.05, 3.63) is 69.6 Å². The van der Waals surface area contributed by atoms with E-state index in [1.54, 1.807) is 23.5 Å². The van der Waals surface area contributed by atoms with E-state index in [-0.39, 0.29) is 5.91 Å². The summed E-state index contributed by atoms with van der Waals surface area (Å²) in [6, 6.07) is 11.8. The summed E-state index contributed by atoms with van der Waals surface area (Å²) in [6.07, 6.45) is 5.69. The van der Waals surface area contributed by atoms with Crippen molar-refractivity contribution < 1.29 is 9.21 Å². The molecular weight excluding hydrogens is 475 g/mol. The molecule has 136 valence electrons. The van der Waals surface area contributed by atoms with Gasteiger partial charge in [-0.2, -0.15) is 0 Å². The lowest BCUT2D eigenvalue weighted by molar-refractivity contribution is -0.122. The van der Waals surface area contributed by atoms with Crippen LogP contribution in [0.15, 0.2) is 59.0 Å². The van der Waals surface area contributed by atoms with Crippen LogP contribution in [-0.2, 0) is 11.2 Å². The highest BCUT2D eigenvalue weighted by molar-refractivity contribution is 14.1. The van der Waals surface area contributed by atoms with Crippen molar-refractivity contribution in [2.45, 2.75) is 6.42 Å². The van der Waals surface area contributed by atoms with Crippen LogP contribution < -0.4 is 5.32 Å². The summed E-state index contributed by atoms with van der Waals surface area (Å²) in [5.74, 6) is 1.19. The summed E-state index contributed by atoms with van der Waals surface area (Å²) in [5.41, 5.74) is 2.36. The van der Waals surface area contributed by atoms with Gasteiger partial charge in [0.1, 0.15) is 17.2 Å². The first kappa shape index (κ1) is 17.9. The molecule has 2 aromatic heterocycles. The second-order valence-corrected chi connectivity index (χ2v) is 7.62. The first-order chi connectivity index (χ1) is 13.1. The number of H-pyrrole nitrogens is 1. The number of aromatic amines is 1. The van der Waals surface area contributed by atoms with E-state index >= 15 is 0 Å². The number of halogens is 1. The zero-order valence-electron chi connectivity index (χ0n) is 14.1. The minimum absolute atomic E-state index is 0.160. The first-order valence-corrected chi connectivity index (χ1v) is 9.76. The van der Waals surface area contributed by atoms with Crippen LogP contribution >= 0.6 is 34.8 Å². The molecule has 0 radical (unpaired) electrons. The van der Waals surface area contributed by atoms with E-state index in [1.807, 2.05) is 36.4 Å². The third-order valence-corrected chi connectivity index (χ3v) is 5.14. The molecule has 4 rings (SSSR count). The van der Waals surface area contributed by atoms with Crippen LogP contribution in [-0.4, -0.2) is 32.4 Å². The number of rotatable bonds is 5. The molecule has 1 aromatic carbocycles. The minimum atomic E-state index is -0.160. The standard InChI is InChI=1S/C19H15IN4O2S/c20-13-3-1-2-12(8-13)17-5-4-15(26-17)9-16-18(25)24(19(27)23-16)7-6-14-10-21-11-22-14/h1-5,8-11H,6-7H2,(H,21,22)(H,23,27)/b16-9-. The SMILES string of the molecule is O=C1/C(=C/c2ccc(-c3cccc(I)c3)o2)NC(=S)N1CCc1cnc[nH]1. The Morgan fingerprint density at radius 3 is 2.96 bits per heavy atom. The predicted molar refractivity (Wildman–Crippen MR) is 115 cm³/mol. The Balaban J connectivity index is 1.49. The monoisotopic (exact) mass is 490 g/mol. The van der Waals surface area contributed by atoms with Gasteiger partial charge in [-0.3, -0.25) is 9.69 Å². The molecule has 1 aliphatic heterocycles. The normalized spacial score (nSPS) is 15.6.